The summed E-state index contributed by atoms with van der Waals surface area (Å²) in [5.74, 6) is 0.974. The fraction of sp³-hybridized carbons (Fsp3) is 0.538. The van der Waals surface area contributed by atoms with Crippen molar-refractivity contribution in [2.24, 2.45) is 5.92 Å². The number of aromatic nitrogens is 2. The Labute approximate surface area is 92.5 Å². The first kappa shape index (κ1) is 11.9. The summed E-state index contributed by atoms with van der Waals surface area (Å²) in [7, 11) is 0. The topological polar surface area (TPSA) is 25.8 Å². The van der Waals surface area contributed by atoms with Crippen molar-refractivity contribution in [3.8, 4) is 0 Å². The fourth-order valence-corrected chi connectivity index (χ4v) is 1.26. The SMILES string of the molecule is C=C(Cc1cc(C(C)C)ncn1)C(C)C. The molecule has 1 heterocycles. The van der Waals surface area contributed by atoms with Gasteiger partial charge < -0.3 is 0 Å². The first-order valence-electron chi connectivity index (χ1n) is 5.49. The zero-order valence-corrected chi connectivity index (χ0v) is 10.1. The second kappa shape index (κ2) is 5.06. The smallest absolute Gasteiger partial charge is 0.115 e. The molecule has 1 aromatic rings. The third-order valence-electron chi connectivity index (χ3n) is 2.56. The third-order valence-corrected chi connectivity index (χ3v) is 2.56. The normalized spacial score (nSPS) is 11.1. The lowest BCUT2D eigenvalue weighted by atomic mass is 9.99. The average molecular weight is 204 g/mol. The minimum absolute atomic E-state index is 0.457. The van der Waals surface area contributed by atoms with Gasteiger partial charge in [-0.3, -0.25) is 0 Å². The largest absolute Gasteiger partial charge is 0.241 e. The zero-order chi connectivity index (χ0) is 11.4. The van der Waals surface area contributed by atoms with Crippen LogP contribution in [-0.2, 0) is 6.42 Å². The molecular weight excluding hydrogens is 184 g/mol. The number of hydrogen-bond acceptors (Lipinski definition) is 2. The van der Waals surface area contributed by atoms with E-state index in [0.29, 0.717) is 11.8 Å². The highest BCUT2D eigenvalue weighted by atomic mass is 14.8. The fourth-order valence-electron chi connectivity index (χ4n) is 1.26. The molecule has 0 amide bonds. The number of rotatable bonds is 4. The third kappa shape index (κ3) is 3.46. The Hall–Kier alpha value is -1.18. The maximum atomic E-state index is 4.27. The van der Waals surface area contributed by atoms with Crippen LogP contribution in [0.2, 0.25) is 0 Å². The Morgan fingerprint density at radius 3 is 2.47 bits per heavy atom. The average Bonchev–Trinajstić information content (AvgIpc) is 2.18. The zero-order valence-electron chi connectivity index (χ0n) is 10.1. The van der Waals surface area contributed by atoms with Crippen molar-refractivity contribution < 1.29 is 0 Å². The van der Waals surface area contributed by atoms with Gasteiger partial charge in [0.1, 0.15) is 6.33 Å². The maximum absolute atomic E-state index is 4.27. The van der Waals surface area contributed by atoms with Gasteiger partial charge in [-0.15, -0.1) is 0 Å². The molecule has 0 fully saturated rings. The highest BCUT2D eigenvalue weighted by molar-refractivity contribution is 5.17. The minimum Gasteiger partial charge on any atom is -0.241 e. The second-order valence-electron chi connectivity index (χ2n) is 4.58. The highest BCUT2D eigenvalue weighted by Gasteiger charge is 2.06. The van der Waals surface area contributed by atoms with E-state index in [-0.39, 0.29) is 0 Å². The van der Waals surface area contributed by atoms with Gasteiger partial charge in [-0.2, -0.15) is 0 Å². The summed E-state index contributed by atoms with van der Waals surface area (Å²) in [5.41, 5.74) is 3.41. The van der Waals surface area contributed by atoms with Gasteiger partial charge in [-0.05, 0) is 17.9 Å². The van der Waals surface area contributed by atoms with Crippen LogP contribution in [-0.4, -0.2) is 9.97 Å². The first-order chi connectivity index (χ1) is 7.00. The van der Waals surface area contributed by atoms with Crippen LogP contribution in [0.25, 0.3) is 0 Å². The molecular formula is C13H20N2. The lowest BCUT2D eigenvalue weighted by Gasteiger charge is -2.10. The molecule has 0 bridgehead atoms. The summed E-state index contributed by atoms with van der Waals surface area (Å²) >= 11 is 0. The molecule has 15 heavy (non-hydrogen) atoms. The van der Waals surface area contributed by atoms with E-state index in [1.54, 1.807) is 6.33 Å². The predicted molar refractivity (Wildman–Crippen MR) is 63.8 cm³/mol. The molecule has 0 aliphatic carbocycles. The molecule has 1 aromatic heterocycles. The van der Waals surface area contributed by atoms with Gasteiger partial charge in [-0.25, -0.2) is 9.97 Å². The number of hydrogen-bond donors (Lipinski definition) is 0. The second-order valence-corrected chi connectivity index (χ2v) is 4.58. The predicted octanol–water partition coefficient (Wildman–Crippen LogP) is 3.35. The van der Waals surface area contributed by atoms with E-state index in [2.05, 4.69) is 50.3 Å². The van der Waals surface area contributed by atoms with Gasteiger partial charge in [0.05, 0.1) is 0 Å². The van der Waals surface area contributed by atoms with E-state index in [1.807, 2.05) is 0 Å². The molecule has 0 spiro atoms. The Morgan fingerprint density at radius 2 is 1.93 bits per heavy atom. The lowest BCUT2D eigenvalue weighted by Crippen LogP contribution is -2.02. The summed E-state index contributed by atoms with van der Waals surface area (Å²) in [6.07, 6.45) is 2.51. The highest BCUT2D eigenvalue weighted by Crippen LogP contribution is 2.15. The van der Waals surface area contributed by atoms with Gasteiger partial charge in [-0.1, -0.05) is 39.8 Å². The van der Waals surface area contributed by atoms with Crippen LogP contribution in [0.4, 0.5) is 0 Å². The van der Waals surface area contributed by atoms with Gasteiger partial charge in [0.15, 0.2) is 0 Å². The van der Waals surface area contributed by atoms with Crippen molar-refractivity contribution in [3.63, 3.8) is 0 Å². The Bertz CT molecular complexity index is 340. The van der Waals surface area contributed by atoms with E-state index in [9.17, 15) is 0 Å². The lowest BCUT2D eigenvalue weighted by molar-refractivity contribution is 0.732. The van der Waals surface area contributed by atoms with E-state index < -0.39 is 0 Å². The molecule has 0 aliphatic rings. The monoisotopic (exact) mass is 204 g/mol. The van der Waals surface area contributed by atoms with Crippen LogP contribution in [0.15, 0.2) is 24.5 Å². The summed E-state index contributed by atoms with van der Waals surface area (Å²) in [6, 6.07) is 2.08. The van der Waals surface area contributed by atoms with Gasteiger partial charge in [0, 0.05) is 17.8 Å². The molecule has 82 valence electrons. The molecule has 0 atom stereocenters. The van der Waals surface area contributed by atoms with Gasteiger partial charge in [0.2, 0.25) is 0 Å². The number of allylic oxidation sites excluding steroid dienone is 1. The molecule has 2 heteroatoms. The van der Waals surface area contributed by atoms with Crippen LogP contribution in [0.1, 0.15) is 45.0 Å². The van der Waals surface area contributed by atoms with Crippen LogP contribution >= 0.6 is 0 Å². The minimum atomic E-state index is 0.457. The summed E-state index contributed by atoms with van der Waals surface area (Å²) in [6.45, 7) is 12.7. The summed E-state index contributed by atoms with van der Waals surface area (Å²) in [4.78, 5) is 8.52. The van der Waals surface area contributed by atoms with Gasteiger partial charge >= 0.3 is 0 Å². The van der Waals surface area contributed by atoms with Crippen molar-refractivity contribution in [2.45, 2.75) is 40.0 Å². The Morgan fingerprint density at radius 1 is 1.27 bits per heavy atom. The molecule has 0 radical (unpaired) electrons. The van der Waals surface area contributed by atoms with Crippen LogP contribution < -0.4 is 0 Å². The maximum Gasteiger partial charge on any atom is 0.115 e. The van der Waals surface area contributed by atoms with E-state index in [1.165, 1.54) is 5.57 Å². The van der Waals surface area contributed by atoms with Crippen molar-refractivity contribution in [2.75, 3.05) is 0 Å². The van der Waals surface area contributed by atoms with E-state index >= 15 is 0 Å². The van der Waals surface area contributed by atoms with Gasteiger partial charge in [0.25, 0.3) is 0 Å². The summed E-state index contributed by atoms with van der Waals surface area (Å²) in [5, 5.41) is 0. The quantitative estimate of drug-likeness (QED) is 0.703. The molecule has 0 aromatic carbocycles. The van der Waals surface area contributed by atoms with E-state index in [0.717, 1.165) is 17.8 Å². The van der Waals surface area contributed by atoms with Crippen LogP contribution in [0.3, 0.4) is 0 Å². The van der Waals surface area contributed by atoms with Crippen molar-refractivity contribution in [1.82, 2.24) is 9.97 Å². The molecule has 0 aliphatic heterocycles. The number of nitrogens with zero attached hydrogens (tertiary/aromatic N) is 2. The van der Waals surface area contributed by atoms with Crippen molar-refractivity contribution in [1.29, 1.82) is 0 Å². The first-order valence-corrected chi connectivity index (χ1v) is 5.49. The molecule has 1 rings (SSSR count). The van der Waals surface area contributed by atoms with Crippen LogP contribution in [0, 0.1) is 5.92 Å². The molecule has 0 unspecified atom stereocenters. The molecule has 0 saturated carbocycles. The Kier molecular flexibility index (Phi) is 4.01. The summed E-state index contributed by atoms with van der Waals surface area (Å²) < 4.78 is 0. The molecule has 2 nitrogen and oxygen atoms in total. The molecule has 0 N–H and O–H groups in total. The van der Waals surface area contributed by atoms with Crippen molar-refractivity contribution in [3.05, 3.63) is 35.9 Å². The molecule has 0 saturated heterocycles. The Balaban J connectivity index is 2.78. The standard InChI is InChI=1S/C13H20N2/c1-9(2)11(5)6-12-7-13(10(3)4)15-8-14-12/h7-10H,5-6H2,1-4H3. The van der Waals surface area contributed by atoms with E-state index in [4.69, 9.17) is 0 Å². The van der Waals surface area contributed by atoms with Crippen molar-refractivity contribution >= 4 is 0 Å². The van der Waals surface area contributed by atoms with Crippen LogP contribution in [0.5, 0.6) is 0 Å².